The van der Waals surface area contributed by atoms with Gasteiger partial charge in [-0.25, -0.2) is 8.42 Å². The molecule has 0 fully saturated rings. The third kappa shape index (κ3) is 7.77. The third-order valence-corrected chi connectivity index (χ3v) is 8.80. The summed E-state index contributed by atoms with van der Waals surface area (Å²) in [6.07, 6.45) is 1.08. The average Bonchev–Trinajstić information content (AvgIpc) is 2.93. The fourth-order valence-electron chi connectivity index (χ4n) is 4.20. The van der Waals surface area contributed by atoms with Crippen molar-refractivity contribution in [1.29, 1.82) is 0 Å². The van der Waals surface area contributed by atoms with E-state index in [0.717, 1.165) is 27.4 Å². The van der Waals surface area contributed by atoms with Crippen LogP contribution in [-0.4, -0.2) is 44.3 Å². The molecule has 1 atom stereocenters. The number of nitrogens with zero attached hydrogens (tertiary/aromatic N) is 2. The molecule has 0 aliphatic carbocycles. The number of hydrogen-bond acceptors (Lipinski definition) is 4. The highest BCUT2D eigenvalue weighted by molar-refractivity contribution is 7.92. The summed E-state index contributed by atoms with van der Waals surface area (Å²) >= 11 is 12.7. The number of carbonyl (C=O) groups is 2. The number of carbonyl (C=O) groups excluding carboxylic acids is 2. The van der Waals surface area contributed by atoms with E-state index in [2.05, 4.69) is 5.32 Å². The molecule has 0 aliphatic rings. The van der Waals surface area contributed by atoms with E-state index in [4.69, 9.17) is 23.2 Å². The number of rotatable bonds is 12. The van der Waals surface area contributed by atoms with E-state index in [1.165, 1.54) is 29.2 Å². The highest BCUT2D eigenvalue weighted by atomic mass is 35.5. The van der Waals surface area contributed by atoms with Crippen molar-refractivity contribution in [3.05, 3.63) is 93.5 Å². The van der Waals surface area contributed by atoms with Gasteiger partial charge in [-0.2, -0.15) is 0 Å². The zero-order valence-corrected chi connectivity index (χ0v) is 25.5. The first-order valence-electron chi connectivity index (χ1n) is 13.1. The summed E-state index contributed by atoms with van der Waals surface area (Å²) in [5.41, 5.74) is 2.83. The fourth-order valence-corrected chi connectivity index (χ4v) is 6.06. The van der Waals surface area contributed by atoms with Gasteiger partial charge < -0.3 is 10.2 Å². The zero-order valence-electron chi connectivity index (χ0n) is 23.2. The summed E-state index contributed by atoms with van der Waals surface area (Å²) < 4.78 is 28.9. The molecule has 40 heavy (non-hydrogen) atoms. The summed E-state index contributed by atoms with van der Waals surface area (Å²) in [4.78, 5) is 28.7. The number of sulfonamides is 1. The molecule has 0 saturated heterocycles. The molecule has 0 bridgehead atoms. The number of nitrogens with one attached hydrogen (secondary N) is 1. The summed E-state index contributed by atoms with van der Waals surface area (Å²) in [7, 11) is -4.24. The molecule has 0 aromatic heterocycles. The Hall–Kier alpha value is -3.07. The van der Waals surface area contributed by atoms with Crippen LogP contribution in [0.25, 0.3) is 0 Å². The van der Waals surface area contributed by atoms with Gasteiger partial charge in [0.15, 0.2) is 0 Å². The monoisotopic (exact) mass is 603 g/mol. The van der Waals surface area contributed by atoms with Crippen molar-refractivity contribution in [2.75, 3.05) is 17.4 Å². The molecule has 214 valence electrons. The highest BCUT2D eigenvalue weighted by Crippen LogP contribution is 2.33. The second-order valence-electron chi connectivity index (χ2n) is 9.64. The molecule has 0 radical (unpaired) electrons. The second kappa shape index (κ2) is 14.0. The highest BCUT2D eigenvalue weighted by Gasteiger charge is 2.34. The van der Waals surface area contributed by atoms with Gasteiger partial charge in [0.2, 0.25) is 11.8 Å². The smallest absolute Gasteiger partial charge is 0.264 e. The summed E-state index contributed by atoms with van der Waals surface area (Å²) in [6, 6.07) is 17.6. The van der Waals surface area contributed by atoms with E-state index < -0.39 is 28.5 Å². The van der Waals surface area contributed by atoms with Gasteiger partial charge in [0.1, 0.15) is 12.6 Å². The third-order valence-electron chi connectivity index (χ3n) is 6.47. The lowest BCUT2D eigenvalue weighted by molar-refractivity contribution is -0.140. The number of aryl methyl sites for hydroxylation is 2. The van der Waals surface area contributed by atoms with E-state index in [-0.39, 0.29) is 33.1 Å². The first kappa shape index (κ1) is 31.5. The second-order valence-corrected chi connectivity index (χ2v) is 12.3. The van der Waals surface area contributed by atoms with Gasteiger partial charge >= 0.3 is 0 Å². The Morgan fingerprint density at radius 1 is 0.900 bits per heavy atom. The molecule has 7 nitrogen and oxygen atoms in total. The quantitative estimate of drug-likeness (QED) is 0.269. The molecule has 1 N–H and O–H groups in total. The van der Waals surface area contributed by atoms with Crippen LogP contribution in [0.1, 0.15) is 43.4 Å². The minimum Gasteiger partial charge on any atom is -0.354 e. The van der Waals surface area contributed by atoms with E-state index in [9.17, 15) is 18.0 Å². The Morgan fingerprint density at radius 3 is 2.08 bits per heavy atom. The Kier molecular flexibility index (Phi) is 11.0. The molecule has 3 aromatic rings. The lowest BCUT2D eigenvalue weighted by Gasteiger charge is -2.33. The minimum atomic E-state index is -4.24. The minimum absolute atomic E-state index is 0.000225. The van der Waals surface area contributed by atoms with Crippen LogP contribution in [0.15, 0.2) is 71.6 Å². The molecule has 0 aliphatic heterocycles. The number of halogens is 2. The van der Waals surface area contributed by atoms with Crippen LogP contribution < -0.4 is 9.62 Å². The van der Waals surface area contributed by atoms with Crippen molar-refractivity contribution in [2.45, 2.75) is 58.0 Å². The molecular formula is C30H35Cl2N3O4S. The van der Waals surface area contributed by atoms with Crippen LogP contribution in [0, 0.1) is 13.8 Å². The van der Waals surface area contributed by atoms with Crippen LogP contribution >= 0.6 is 23.2 Å². The lowest BCUT2D eigenvalue weighted by Crippen LogP contribution is -2.52. The normalized spacial score (nSPS) is 12.1. The first-order valence-corrected chi connectivity index (χ1v) is 15.3. The van der Waals surface area contributed by atoms with Gasteiger partial charge in [0, 0.05) is 18.1 Å². The van der Waals surface area contributed by atoms with Crippen molar-refractivity contribution in [2.24, 2.45) is 0 Å². The van der Waals surface area contributed by atoms with Crippen LogP contribution in [0.3, 0.4) is 0 Å². The average molecular weight is 605 g/mol. The van der Waals surface area contributed by atoms with Gasteiger partial charge in [-0.1, -0.05) is 84.6 Å². The molecule has 2 amide bonds. The van der Waals surface area contributed by atoms with Crippen LogP contribution in [0.2, 0.25) is 10.0 Å². The van der Waals surface area contributed by atoms with Gasteiger partial charge in [0.25, 0.3) is 10.0 Å². The predicted molar refractivity (Wildman–Crippen MR) is 161 cm³/mol. The van der Waals surface area contributed by atoms with Crippen molar-refractivity contribution >= 4 is 50.7 Å². The molecule has 3 aromatic carbocycles. The van der Waals surface area contributed by atoms with E-state index in [1.807, 2.05) is 52.0 Å². The molecular weight excluding hydrogens is 569 g/mol. The van der Waals surface area contributed by atoms with Gasteiger partial charge in [0.05, 0.1) is 15.6 Å². The van der Waals surface area contributed by atoms with Crippen LogP contribution in [-0.2, 0) is 26.2 Å². The number of anilines is 1. The standard InChI is InChI=1S/C30H35Cl2N3O4S/c1-5-17-33-30(37)27(6-2)34(19-23-11-7-21(3)8-12-23)29(36)20-35(28-18-24(31)13-16-26(28)32)40(38,39)25-14-9-22(4)10-15-25/h7-16,18,27H,5-6,17,19-20H2,1-4H3,(H,33,37)/t27-/m1/s1. The first-order chi connectivity index (χ1) is 19.0. The lowest BCUT2D eigenvalue weighted by atomic mass is 10.1. The van der Waals surface area contributed by atoms with Crippen molar-refractivity contribution in [1.82, 2.24) is 10.2 Å². The predicted octanol–water partition coefficient (Wildman–Crippen LogP) is 6.14. The summed E-state index contributed by atoms with van der Waals surface area (Å²) in [5, 5.41) is 3.25. The molecule has 3 rings (SSSR count). The largest absolute Gasteiger partial charge is 0.354 e. The van der Waals surface area contributed by atoms with Gasteiger partial charge in [-0.15, -0.1) is 0 Å². The molecule has 0 saturated carbocycles. The van der Waals surface area contributed by atoms with Gasteiger partial charge in [-0.05, 0) is 62.6 Å². The maximum atomic E-state index is 14.1. The Bertz CT molecular complexity index is 1430. The van der Waals surface area contributed by atoms with Gasteiger partial charge in [-0.3, -0.25) is 13.9 Å². The number of amides is 2. The summed E-state index contributed by atoms with van der Waals surface area (Å²) in [6.45, 7) is 7.58. The van der Waals surface area contributed by atoms with Crippen molar-refractivity contribution in [3.63, 3.8) is 0 Å². The Morgan fingerprint density at radius 2 is 1.50 bits per heavy atom. The fraction of sp³-hybridized carbons (Fsp3) is 0.333. The SMILES string of the molecule is CCCNC(=O)[C@@H](CC)N(Cc1ccc(C)cc1)C(=O)CN(c1cc(Cl)ccc1Cl)S(=O)(=O)c1ccc(C)cc1. The van der Waals surface area contributed by atoms with E-state index in [1.54, 1.807) is 18.2 Å². The molecule has 10 heteroatoms. The molecule has 0 spiro atoms. The van der Waals surface area contributed by atoms with Crippen molar-refractivity contribution in [3.8, 4) is 0 Å². The van der Waals surface area contributed by atoms with Crippen LogP contribution in [0.4, 0.5) is 5.69 Å². The maximum absolute atomic E-state index is 14.1. The molecule has 0 unspecified atom stereocenters. The summed E-state index contributed by atoms with van der Waals surface area (Å²) in [5.74, 6) is -0.843. The zero-order chi connectivity index (χ0) is 29.4. The Balaban J connectivity index is 2.09. The van der Waals surface area contributed by atoms with Crippen molar-refractivity contribution < 1.29 is 18.0 Å². The molecule has 0 heterocycles. The van der Waals surface area contributed by atoms with Crippen LogP contribution in [0.5, 0.6) is 0 Å². The van der Waals surface area contributed by atoms with E-state index >= 15 is 0 Å². The topological polar surface area (TPSA) is 86.8 Å². The van der Waals surface area contributed by atoms with E-state index in [0.29, 0.717) is 13.0 Å². The Labute approximate surface area is 247 Å². The maximum Gasteiger partial charge on any atom is 0.264 e. The number of benzene rings is 3. The number of hydrogen-bond donors (Lipinski definition) is 1.